The molecule has 4 nitrogen and oxygen atoms in total. The number of nitrogens with zero attached hydrogens (tertiary/aromatic N) is 1. The minimum absolute atomic E-state index is 0.0657. The molecule has 0 bridgehead atoms. The van der Waals surface area contributed by atoms with Crippen LogP contribution in [0.1, 0.15) is 48.8 Å². The van der Waals surface area contributed by atoms with Crippen LogP contribution in [-0.4, -0.2) is 22.3 Å². The molecule has 146 valence electrons. The zero-order valence-electron chi connectivity index (χ0n) is 16.9. The molecule has 0 atom stereocenters. The number of Topliss-reactive ketones (excluding diaryl/α,β-unsaturated/α-hetero) is 1. The summed E-state index contributed by atoms with van der Waals surface area (Å²) < 4.78 is 5.71. The zero-order chi connectivity index (χ0) is 20.6. The number of hydrogen-bond acceptors (Lipinski definition) is 4. The van der Waals surface area contributed by atoms with E-state index in [0.717, 1.165) is 22.0 Å². The molecule has 0 N–H and O–H groups in total. The van der Waals surface area contributed by atoms with E-state index in [1.165, 1.54) is 0 Å². The minimum Gasteiger partial charge on any atom is -0.456 e. The third kappa shape index (κ3) is 3.97. The van der Waals surface area contributed by atoms with Crippen molar-refractivity contribution in [1.82, 2.24) is 4.98 Å². The molecular weight excluding hydrogens is 362 g/mol. The summed E-state index contributed by atoms with van der Waals surface area (Å²) in [5.74, 6) is -0.474. The highest BCUT2D eigenvalue weighted by Crippen LogP contribution is 2.35. The molecule has 0 spiro atoms. The van der Waals surface area contributed by atoms with Crippen molar-refractivity contribution in [2.24, 2.45) is 0 Å². The summed E-state index contributed by atoms with van der Waals surface area (Å²) in [5.41, 5.74) is 3.33. The van der Waals surface area contributed by atoms with E-state index in [2.05, 4.69) is 4.98 Å². The number of fused-ring (bicyclic) bond motifs is 2. The number of ketones is 1. The molecule has 0 aliphatic heterocycles. The van der Waals surface area contributed by atoms with Crippen molar-refractivity contribution >= 4 is 28.2 Å². The van der Waals surface area contributed by atoms with Gasteiger partial charge in [0.2, 0.25) is 0 Å². The molecule has 1 aliphatic rings. The van der Waals surface area contributed by atoms with Crippen LogP contribution < -0.4 is 0 Å². The maximum atomic E-state index is 13.2. The third-order valence-electron chi connectivity index (χ3n) is 4.85. The van der Waals surface area contributed by atoms with E-state index >= 15 is 0 Å². The molecule has 0 radical (unpaired) electrons. The van der Waals surface area contributed by atoms with Gasteiger partial charge in [0.25, 0.3) is 0 Å². The fourth-order valence-corrected chi connectivity index (χ4v) is 3.65. The highest BCUT2D eigenvalue weighted by Gasteiger charge is 2.33. The number of benzene rings is 2. The van der Waals surface area contributed by atoms with Gasteiger partial charge >= 0.3 is 5.97 Å². The van der Waals surface area contributed by atoms with Gasteiger partial charge in [-0.15, -0.1) is 0 Å². The quantitative estimate of drug-likeness (QED) is 0.585. The van der Waals surface area contributed by atoms with Crippen LogP contribution in [0.4, 0.5) is 0 Å². The number of pyridine rings is 1. The van der Waals surface area contributed by atoms with E-state index in [1.54, 1.807) is 0 Å². The maximum Gasteiger partial charge on any atom is 0.339 e. The molecule has 0 amide bonds. The molecule has 0 saturated carbocycles. The van der Waals surface area contributed by atoms with Crippen LogP contribution in [0.3, 0.4) is 0 Å². The van der Waals surface area contributed by atoms with Gasteiger partial charge in [0.05, 0.1) is 11.1 Å². The second-order valence-corrected chi connectivity index (χ2v) is 8.32. The zero-order valence-corrected chi connectivity index (χ0v) is 16.9. The number of hydrogen-bond donors (Lipinski definition) is 0. The summed E-state index contributed by atoms with van der Waals surface area (Å²) in [4.78, 5) is 30.7. The molecule has 0 fully saturated rings. The minimum atomic E-state index is -0.631. The van der Waals surface area contributed by atoms with Gasteiger partial charge in [0.15, 0.2) is 5.78 Å². The van der Waals surface area contributed by atoms with E-state index in [-0.39, 0.29) is 12.2 Å². The van der Waals surface area contributed by atoms with Gasteiger partial charge in [-0.25, -0.2) is 9.78 Å². The molecule has 4 heteroatoms. The lowest BCUT2D eigenvalue weighted by atomic mass is 9.84. The second-order valence-electron chi connectivity index (χ2n) is 8.32. The van der Waals surface area contributed by atoms with Crippen LogP contribution in [0, 0.1) is 0 Å². The first-order chi connectivity index (χ1) is 13.8. The third-order valence-corrected chi connectivity index (χ3v) is 4.85. The second kappa shape index (κ2) is 7.28. The number of rotatable bonds is 3. The molecule has 29 heavy (non-hydrogen) atoms. The van der Waals surface area contributed by atoms with Crippen LogP contribution >= 0.6 is 0 Å². The molecule has 3 aromatic rings. The van der Waals surface area contributed by atoms with E-state index in [0.29, 0.717) is 23.3 Å². The fraction of sp³-hybridized carbons (Fsp3) is 0.240. The number of ether oxygens (including phenoxy) is 1. The SMILES string of the molecule is CC(C)(C)OC(=O)C1=C(Cc2ccccc2)CC(=O)c2nc3ccccc3cc21. The largest absolute Gasteiger partial charge is 0.456 e. The summed E-state index contributed by atoms with van der Waals surface area (Å²) in [5, 5.41) is 0.890. The molecule has 2 aromatic carbocycles. The van der Waals surface area contributed by atoms with Crippen molar-refractivity contribution in [3.05, 3.63) is 83.1 Å². The van der Waals surface area contributed by atoms with E-state index < -0.39 is 11.6 Å². The summed E-state index contributed by atoms with van der Waals surface area (Å²) in [6.07, 6.45) is 0.690. The van der Waals surface area contributed by atoms with E-state index in [1.807, 2.05) is 81.4 Å². The molecule has 0 saturated heterocycles. The standard InChI is InChI=1S/C25H23NO3/c1-25(2,3)29-24(28)22-18(13-16-9-5-4-6-10-16)15-21(27)23-19(22)14-17-11-7-8-12-20(17)26-23/h4-12,14H,13,15H2,1-3H3. The van der Waals surface area contributed by atoms with Crippen molar-refractivity contribution in [3.8, 4) is 0 Å². The first-order valence-corrected chi connectivity index (χ1v) is 9.74. The number of para-hydroxylation sites is 1. The summed E-state index contributed by atoms with van der Waals surface area (Å²) in [6, 6.07) is 19.4. The lowest BCUT2D eigenvalue weighted by molar-refractivity contribution is -0.147. The summed E-state index contributed by atoms with van der Waals surface area (Å²) >= 11 is 0. The normalized spacial score (nSPS) is 14.1. The van der Waals surface area contributed by atoms with Crippen molar-refractivity contribution in [3.63, 3.8) is 0 Å². The highest BCUT2D eigenvalue weighted by molar-refractivity contribution is 6.24. The van der Waals surface area contributed by atoms with Gasteiger partial charge in [-0.05, 0) is 50.5 Å². The highest BCUT2D eigenvalue weighted by atomic mass is 16.6. The molecule has 4 rings (SSSR count). The smallest absolute Gasteiger partial charge is 0.339 e. The van der Waals surface area contributed by atoms with Crippen molar-refractivity contribution in [1.29, 1.82) is 0 Å². The molecule has 0 unspecified atom stereocenters. The number of esters is 1. The fourth-order valence-electron chi connectivity index (χ4n) is 3.65. The summed E-state index contributed by atoms with van der Waals surface area (Å²) in [7, 11) is 0. The average Bonchev–Trinajstić information content (AvgIpc) is 2.66. The maximum absolute atomic E-state index is 13.2. The molecule has 1 aliphatic carbocycles. The lowest BCUT2D eigenvalue weighted by Gasteiger charge is -2.25. The molecular formula is C25H23NO3. The first kappa shape index (κ1) is 19.1. The average molecular weight is 385 g/mol. The lowest BCUT2D eigenvalue weighted by Crippen LogP contribution is -2.27. The number of carbonyl (C=O) groups excluding carboxylic acids is 2. The Hall–Kier alpha value is -3.27. The number of allylic oxidation sites excluding steroid dienone is 1. The van der Waals surface area contributed by atoms with Gasteiger partial charge in [-0.1, -0.05) is 48.5 Å². The van der Waals surface area contributed by atoms with E-state index in [4.69, 9.17) is 4.74 Å². The van der Waals surface area contributed by atoms with Crippen LogP contribution in [0.15, 0.2) is 66.2 Å². The van der Waals surface area contributed by atoms with Crippen molar-refractivity contribution in [2.75, 3.05) is 0 Å². The predicted molar refractivity (Wildman–Crippen MR) is 114 cm³/mol. The Labute approximate surface area is 170 Å². The van der Waals surface area contributed by atoms with E-state index in [9.17, 15) is 9.59 Å². The van der Waals surface area contributed by atoms with Gasteiger partial charge in [0, 0.05) is 17.4 Å². The topological polar surface area (TPSA) is 56.3 Å². The Morgan fingerprint density at radius 3 is 2.45 bits per heavy atom. The van der Waals surface area contributed by atoms with Crippen LogP contribution in [-0.2, 0) is 16.0 Å². The van der Waals surface area contributed by atoms with Gasteiger partial charge < -0.3 is 4.74 Å². The Kier molecular flexibility index (Phi) is 4.79. The molecule has 1 heterocycles. The van der Waals surface area contributed by atoms with Gasteiger partial charge in [-0.3, -0.25) is 4.79 Å². The number of aromatic nitrogens is 1. The molecule has 1 aromatic heterocycles. The Morgan fingerprint density at radius 1 is 1.03 bits per heavy atom. The Morgan fingerprint density at radius 2 is 1.72 bits per heavy atom. The van der Waals surface area contributed by atoms with Crippen molar-refractivity contribution in [2.45, 2.75) is 39.2 Å². The Balaban J connectivity index is 1.91. The van der Waals surface area contributed by atoms with Crippen LogP contribution in [0.5, 0.6) is 0 Å². The first-order valence-electron chi connectivity index (χ1n) is 9.74. The van der Waals surface area contributed by atoms with Crippen molar-refractivity contribution < 1.29 is 14.3 Å². The van der Waals surface area contributed by atoms with Crippen LogP contribution in [0.2, 0.25) is 0 Å². The number of carbonyl (C=O) groups is 2. The van der Waals surface area contributed by atoms with Gasteiger partial charge in [-0.2, -0.15) is 0 Å². The monoisotopic (exact) mass is 385 g/mol. The summed E-state index contributed by atoms with van der Waals surface area (Å²) in [6.45, 7) is 5.53. The van der Waals surface area contributed by atoms with Gasteiger partial charge in [0.1, 0.15) is 11.3 Å². The predicted octanol–water partition coefficient (Wildman–Crippen LogP) is 5.16. The Bertz CT molecular complexity index is 1140. The van der Waals surface area contributed by atoms with Crippen LogP contribution in [0.25, 0.3) is 16.5 Å².